The summed E-state index contributed by atoms with van der Waals surface area (Å²) in [7, 11) is 3.89. The van der Waals surface area contributed by atoms with E-state index in [1.54, 1.807) is 12.5 Å². The molecule has 0 fully saturated rings. The summed E-state index contributed by atoms with van der Waals surface area (Å²) in [4.78, 5) is 7.87. The molecule has 0 unspecified atom stereocenters. The summed E-state index contributed by atoms with van der Waals surface area (Å²) in [6.07, 6.45) is 3.28. The number of rotatable bonds is 3. The standard InChI is InChI=1S/C7H12N4/c1-11(2)10-5-7-3-4-8-6-9-7/h3-4,6,10H,5H2,1-2H3. The van der Waals surface area contributed by atoms with Gasteiger partial charge in [-0.15, -0.1) is 0 Å². The lowest BCUT2D eigenvalue weighted by atomic mass is 10.4. The first-order valence-electron chi connectivity index (χ1n) is 3.45. The maximum atomic E-state index is 4.05. The predicted octanol–water partition coefficient (Wildman–Crippen LogP) is 0.0428. The van der Waals surface area contributed by atoms with Crippen LogP contribution in [-0.4, -0.2) is 29.1 Å². The zero-order chi connectivity index (χ0) is 8.10. The summed E-state index contributed by atoms with van der Waals surface area (Å²) >= 11 is 0. The summed E-state index contributed by atoms with van der Waals surface area (Å²) in [5.41, 5.74) is 4.10. The van der Waals surface area contributed by atoms with Crippen molar-refractivity contribution in [2.45, 2.75) is 6.54 Å². The molecule has 0 saturated heterocycles. The second kappa shape index (κ2) is 4.00. The van der Waals surface area contributed by atoms with Gasteiger partial charge in [0.15, 0.2) is 0 Å². The normalized spacial score (nSPS) is 10.5. The van der Waals surface area contributed by atoms with Gasteiger partial charge in [-0.05, 0) is 6.07 Å². The van der Waals surface area contributed by atoms with Crippen LogP contribution in [0, 0.1) is 0 Å². The van der Waals surface area contributed by atoms with Gasteiger partial charge in [0, 0.05) is 20.3 Å². The zero-order valence-corrected chi connectivity index (χ0v) is 6.78. The van der Waals surface area contributed by atoms with Crippen LogP contribution in [0.2, 0.25) is 0 Å². The zero-order valence-electron chi connectivity index (χ0n) is 6.78. The molecule has 0 bridgehead atoms. The molecule has 0 atom stereocenters. The number of nitrogens with zero attached hydrogens (tertiary/aromatic N) is 3. The van der Waals surface area contributed by atoms with Crippen molar-refractivity contribution in [3.63, 3.8) is 0 Å². The van der Waals surface area contributed by atoms with E-state index >= 15 is 0 Å². The van der Waals surface area contributed by atoms with Crippen LogP contribution in [0.3, 0.4) is 0 Å². The van der Waals surface area contributed by atoms with Gasteiger partial charge in [0.05, 0.1) is 12.2 Å². The van der Waals surface area contributed by atoms with E-state index in [4.69, 9.17) is 0 Å². The van der Waals surface area contributed by atoms with Crippen LogP contribution in [0.4, 0.5) is 0 Å². The van der Waals surface area contributed by atoms with E-state index in [-0.39, 0.29) is 0 Å². The molecule has 1 aromatic heterocycles. The van der Waals surface area contributed by atoms with Gasteiger partial charge in [0.2, 0.25) is 0 Å². The Hall–Kier alpha value is -1.00. The fourth-order valence-corrected chi connectivity index (χ4v) is 0.662. The Morgan fingerprint density at radius 2 is 2.36 bits per heavy atom. The van der Waals surface area contributed by atoms with Gasteiger partial charge >= 0.3 is 0 Å². The number of hydrogen-bond donors (Lipinski definition) is 1. The lowest BCUT2D eigenvalue weighted by molar-refractivity contribution is 0.284. The van der Waals surface area contributed by atoms with Crippen molar-refractivity contribution in [2.24, 2.45) is 0 Å². The predicted molar refractivity (Wildman–Crippen MR) is 42.6 cm³/mol. The average molecular weight is 152 g/mol. The van der Waals surface area contributed by atoms with Crippen LogP contribution < -0.4 is 5.43 Å². The topological polar surface area (TPSA) is 41.0 Å². The van der Waals surface area contributed by atoms with Crippen molar-refractivity contribution in [3.8, 4) is 0 Å². The Bertz CT molecular complexity index is 197. The lowest BCUT2D eigenvalue weighted by Gasteiger charge is -2.10. The Morgan fingerprint density at radius 1 is 1.55 bits per heavy atom. The Kier molecular flexibility index (Phi) is 2.95. The van der Waals surface area contributed by atoms with Gasteiger partial charge in [-0.25, -0.2) is 15.4 Å². The second-order valence-electron chi connectivity index (χ2n) is 2.43. The lowest BCUT2D eigenvalue weighted by Crippen LogP contribution is -2.29. The van der Waals surface area contributed by atoms with Crippen molar-refractivity contribution in [2.75, 3.05) is 14.1 Å². The molecule has 60 valence electrons. The van der Waals surface area contributed by atoms with E-state index in [2.05, 4.69) is 15.4 Å². The van der Waals surface area contributed by atoms with Crippen LogP contribution >= 0.6 is 0 Å². The average Bonchev–Trinajstić information content (AvgIpc) is 2.03. The SMILES string of the molecule is CN(C)NCc1ccncn1. The highest BCUT2D eigenvalue weighted by molar-refractivity contribution is 4.96. The molecule has 0 amide bonds. The number of aromatic nitrogens is 2. The molecule has 0 spiro atoms. The summed E-state index contributed by atoms with van der Waals surface area (Å²) < 4.78 is 0. The van der Waals surface area contributed by atoms with Gasteiger partial charge in [-0.3, -0.25) is 5.01 Å². The van der Waals surface area contributed by atoms with Gasteiger partial charge in [-0.1, -0.05) is 0 Å². The van der Waals surface area contributed by atoms with Crippen molar-refractivity contribution >= 4 is 0 Å². The maximum Gasteiger partial charge on any atom is 0.115 e. The fourth-order valence-electron chi connectivity index (χ4n) is 0.662. The molecule has 4 nitrogen and oxygen atoms in total. The molecular formula is C7H12N4. The number of hydrazine groups is 1. The molecule has 0 aliphatic heterocycles. The van der Waals surface area contributed by atoms with Crippen LogP contribution in [0.15, 0.2) is 18.6 Å². The third-order valence-corrected chi connectivity index (χ3v) is 1.22. The third-order valence-electron chi connectivity index (χ3n) is 1.22. The van der Waals surface area contributed by atoms with Crippen molar-refractivity contribution in [1.29, 1.82) is 0 Å². The molecule has 0 radical (unpaired) electrons. The number of hydrogen-bond acceptors (Lipinski definition) is 4. The van der Waals surface area contributed by atoms with Gasteiger partial charge in [0.25, 0.3) is 0 Å². The Balaban J connectivity index is 2.39. The smallest absolute Gasteiger partial charge is 0.115 e. The highest BCUT2D eigenvalue weighted by atomic mass is 15.5. The minimum absolute atomic E-state index is 0.746. The highest BCUT2D eigenvalue weighted by Gasteiger charge is 1.91. The third kappa shape index (κ3) is 3.06. The van der Waals surface area contributed by atoms with Crippen LogP contribution in [0.1, 0.15) is 5.69 Å². The van der Waals surface area contributed by atoms with Gasteiger partial charge < -0.3 is 0 Å². The minimum Gasteiger partial charge on any atom is -0.250 e. The Morgan fingerprint density at radius 3 is 2.91 bits per heavy atom. The largest absolute Gasteiger partial charge is 0.250 e. The van der Waals surface area contributed by atoms with Gasteiger partial charge in [-0.2, -0.15) is 0 Å². The first-order valence-corrected chi connectivity index (χ1v) is 3.45. The van der Waals surface area contributed by atoms with Crippen molar-refractivity contribution < 1.29 is 0 Å². The fraction of sp³-hybridized carbons (Fsp3) is 0.429. The summed E-state index contributed by atoms with van der Waals surface area (Å²) in [5, 5.41) is 1.89. The van der Waals surface area contributed by atoms with E-state index < -0.39 is 0 Å². The second-order valence-corrected chi connectivity index (χ2v) is 2.43. The van der Waals surface area contributed by atoms with Crippen LogP contribution in [0.5, 0.6) is 0 Å². The molecule has 11 heavy (non-hydrogen) atoms. The molecule has 0 aliphatic carbocycles. The van der Waals surface area contributed by atoms with E-state index in [1.807, 2.05) is 25.2 Å². The Labute approximate surface area is 66.2 Å². The maximum absolute atomic E-state index is 4.05. The molecule has 1 rings (SSSR count). The van der Waals surface area contributed by atoms with Crippen LogP contribution in [0.25, 0.3) is 0 Å². The van der Waals surface area contributed by atoms with Crippen molar-refractivity contribution in [3.05, 3.63) is 24.3 Å². The summed E-state index contributed by atoms with van der Waals surface area (Å²) in [5.74, 6) is 0. The van der Waals surface area contributed by atoms with E-state index in [0.717, 1.165) is 12.2 Å². The molecule has 1 aromatic rings. The molecule has 1 heterocycles. The molecular weight excluding hydrogens is 140 g/mol. The summed E-state index contributed by atoms with van der Waals surface area (Å²) in [6.45, 7) is 0.746. The molecule has 0 saturated carbocycles. The van der Waals surface area contributed by atoms with Gasteiger partial charge in [0.1, 0.15) is 6.33 Å². The van der Waals surface area contributed by atoms with E-state index in [1.165, 1.54) is 0 Å². The first kappa shape index (κ1) is 8.10. The quantitative estimate of drug-likeness (QED) is 0.621. The van der Waals surface area contributed by atoms with Crippen molar-refractivity contribution in [1.82, 2.24) is 20.4 Å². The molecule has 4 heteroatoms. The monoisotopic (exact) mass is 152 g/mol. The molecule has 0 aliphatic rings. The molecule has 0 aromatic carbocycles. The van der Waals surface area contributed by atoms with E-state index in [9.17, 15) is 0 Å². The van der Waals surface area contributed by atoms with E-state index in [0.29, 0.717) is 0 Å². The number of nitrogens with one attached hydrogen (secondary N) is 1. The minimum atomic E-state index is 0.746. The highest BCUT2D eigenvalue weighted by Crippen LogP contribution is 1.88. The van der Waals surface area contributed by atoms with Crippen LogP contribution in [-0.2, 0) is 6.54 Å². The first-order chi connectivity index (χ1) is 5.29. The summed E-state index contributed by atoms with van der Waals surface area (Å²) in [6, 6.07) is 1.89. The molecule has 1 N–H and O–H groups in total.